The molecule has 27 heavy (non-hydrogen) atoms. The molecule has 3 rings (SSSR count). The topological polar surface area (TPSA) is 63.2 Å². The van der Waals surface area contributed by atoms with Crippen LogP contribution < -0.4 is 5.32 Å². The second-order valence-electron chi connectivity index (χ2n) is 6.54. The second-order valence-corrected chi connectivity index (χ2v) is 8.61. The fourth-order valence-corrected chi connectivity index (χ4v) is 4.36. The van der Waals surface area contributed by atoms with Gasteiger partial charge in [-0.3, -0.25) is 4.79 Å². The van der Waals surface area contributed by atoms with E-state index in [-0.39, 0.29) is 17.4 Å². The third-order valence-electron chi connectivity index (χ3n) is 4.08. The van der Waals surface area contributed by atoms with Gasteiger partial charge in [0.25, 0.3) is 5.91 Å². The fraction of sp³-hybridized carbons (Fsp3) is 0.136. The number of amides is 1. The quantitative estimate of drug-likeness (QED) is 0.692. The maximum Gasteiger partial charge on any atom is 0.255 e. The summed E-state index contributed by atoms with van der Waals surface area (Å²) in [6, 6.07) is 23.4. The summed E-state index contributed by atoms with van der Waals surface area (Å²) in [7, 11) is -3.34. The molecule has 0 aliphatic rings. The monoisotopic (exact) mass is 379 g/mol. The first-order chi connectivity index (χ1) is 12.9. The summed E-state index contributed by atoms with van der Waals surface area (Å²) in [5.41, 5.74) is 3.53. The van der Waals surface area contributed by atoms with E-state index in [4.69, 9.17) is 0 Å². The minimum absolute atomic E-state index is 0.0187. The van der Waals surface area contributed by atoms with Crippen LogP contribution in [-0.4, -0.2) is 14.3 Å². The maximum absolute atomic E-state index is 12.6. The molecule has 0 heterocycles. The molecular weight excluding hydrogens is 358 g/mol. The number of hydrogen-bond acceptors (Lipinski definition) is 3. The largest absolute Gasteiger partial charge is 0.322 e. The first-order valence-corrected chi connectivity index (χ1v) is 10.4. The standard InChI is InChI=1S/C22H21NO3S/c1-17-7-5-8-18(13-17)15-27(25,26)16-19-9-6-10-20(14-19)22(24)23-21-11-3-2-4-12-21/h2-14H,15-16H2,1H3,(H,23,24). The summed E-state index contributed by atoms with van der Waals surface area (Å²) in [5, 5.41) is 2.81. The normalized spacial score (nSPS) is 11.1. The van der Waals surface area contributed by atoms with Crippen molar-refractivity contribution in [2.45, 2.75) is 18.4 Å². The molecular formula is C22H21NO3S. The van der Waals surface area contributed by atoms with Gasteiger partial charge in [-0.2, -0.15) is 0 Å². The van der Waals surface area contributed by atoms with E-state index in [1.807, 2.05) is 49.4 Å². The number of carbonyl (C=O) groups is 1. The van der Waals surface area contributed by atoms with E-state index in [1.165, 1.54) is 0 Å². The van der Waals surface area contributed by atoms with Crippen molar-refractivity contribution in [2.75, 3.05) is 5.32 Å². The van der Waals surface area contributed by atoms with Crippen LogP contribution in [0.5, 0.6) is 0 Å². The van der Waals surface area contributed by atoms with E-state index in [1.54, 1.807) is 36.4 Å². The highest BCUT2D eigenvalue weighted by atomic mass is 32.2. The highest BCUT2D eigenvalue weighted by molar-refractivity contribution is 7.89. The van der Waals surface area contributed by atoms with Gasteiger partial charge in [-0.25, -0.2) is 8.42 Å². The molecule has 1 amide bonds. The summed E-state index contributed by atoms with van der Waals surface area (Å²) < 4.78 is 25.1. The number of anilines is 1. The average molecular weight is 379 g/mol. The molecule has 0 radical (unpaired) electrons. The Morgan fingerprint density at radius 3 is 2.11 bits per heavy atom. The van der Waals surface area contributed by atoms with Gasteiger partial charge in [0.05, 0.1) is 11.5 Å². The molecule has 0 saturated heterocycles. The number of carbonyl (C=O) groups excluding carboxylic acids is 1. The Bertz CT molecular complexity index is 1040. The molecule has 4 nitrogen and oxygen atoms in total. The minimum atomic E-state index is -3.34. The molecule has 3 aromatic rings. The van der Waals surface area contributed by atoms with Crippen LogP contribution in [0.25, 0.3) is 0 Å². The summed E-state index contributed by atoms with van der Waals surface area (Å²) in [5.74, 6) is -0.387. The average Bonchev–Trinajstić information content (AvgIpc) is 2.62. The van der Waals surface area contributed by atoms with Crippen molar-refractivity contribution in [3.8, 4) is 0 Å². The number of sulfone groups is 1. The first-order valence-electron chi connectivity index (χ1n) is 8.63. The lowest BCUT2D eigenvalue weighted by Crippen LogP contribution is -2.13. The zero-order chi connectivity index (χ0) is 19.3. The van der Waals surface area contributed by atoms with Crippen molar-refractivity contribution >= 4 is 21.4 Å². The Balaban J connectivity index is 1.72. The zero-order valence-corrected chi connectivity index (χ0v) is 15.9. The summed E-state index contributed by atoms with van der Waals surface area (Å²) in [6.45, 7) is 1.94. The van der Waals surface area contributed by atoms with Gasteiger partial charge in [0.2, 0.25) is 0 Å². The van der Waals surface area contributed by atoms with Crippen LogP contribution in [0.1, 0.15) is 27.0 Å². The van der Waals surface area contributed by atoms with Gasteiger partial charge in [-0.05, 0) is 42.3 Å². The van der Waals surface area contributed by atoms with Gasteiger partial charge < -0.3 is 5.32 Å². The van der Waals surface area contributed by atoms with Crippen LogP contribution >= 0.6 is 0 Å². The summed E-state index contributed by atoms with van der Waals surface area (Å²) >= 11 is 0. The van der Waals surface area contributed by atoms with Crippen LogP contribution in [0.15, 0.2) is 78.9 Å². The molecule has 0 aromatic heterocycles. The molecule has 5 heteroatoms. The molecule has 0 aliphatic heterocycles. The van der Waals surface area contributed by atoms with E-state index in [0.717, 1.165) is 11.1 Å². The molecule has 1 N–H and O–H groups in total. The number of hydrogen-bond donors (Lipinski definition) is 1. The predicted molar refractivity (Wildman–Crippen MR) is 108 cm³/mol. The van der Waals surface area contributed by atoms with Crippen molar-refractivity contribution in [1.29, 1.82) is 0 Å². The maximum atomic E-state index is 12.6. The number of para-hydroxylation sites is 1. The third kappa shape index (κ3) is 5.53. The number of nitrogens with one attached hydrogen (secondary N) is 1. The highest BCUT2D eigenvalue weighted by Gasteiger charge is 2.15. The van der Waals surface area contributed by atoms with E-state index in [2.05, 4.69) is 5.32 Å². The summed E-state index contributed by atoms with van der Waals surface area (Å²) in [6.07, 6.45) is 0. The minimum Gasteiger partial charge on any atom is -0.322 e. The van der Waals surface area contributed by atoms with Crippen LogP contribution in [0.4, 0.5) is 5.69 Å². The Morgan fingerprint density at radius 2 is 1.44 bits per heavy atom. The smallest absolute Gasteiger partial charge is 0.255 e. The van der Waals surface area contributed by atoms with Gasteiger partial charge in [0.15, 0.2) is 9.84 Å². The van der Waals surface area contributed by atoms with Crippen molar-refractivity contribution in [3.63, 3.8) is 0 Å². The van der Waals surface area contributed by atoms with Gasteiger partial charge in [0.1, 0.15) is 0 Å². The van der Waals surface area contributed by atoms with Gasteiger partial charge in [-0.15, -0.1) is 0 Å². The van der Waals surface area contributed by atoms with Crippen molar-refractivity contribution in [3.05, 3.63) is 101 Å². The lowest BCUT2D eigenvalue weighted by molar-refractivity contribution is 0.102. The molecule has 0 saturated carbocycles. The predicted octanol–water partition coefficient (Wildman–Crippen LogP) is 4.36. The van der Waals surface area contributed by atoms with Crippen molar-refractivity contribution in [1.82, 2.24) is 0 Å². The van der Waals surface area contributed by atoms with E-state index < -0.39 is 9.84 Å². The molecule has 0 bridgehead atoms. The molecule has 0 fully saturated rings. The number of aryl methyl sites for hydroxylation is 1. The Labute approximate surface area is 159 Å². The Hall–Kier alpha value is -2.92. The molecule has 0 unspecified atom stereocenters. The molecule has 3 aromatic carbocycles. The van der Waals surface area contributed by atoms with Crippen LogP contribution in [0.3, 0.4) is 0 Å². The third-order valence-corrected chi connectivity index (χ3v) is 5.62. The van der Waals surface area contributed by atoms with Gasteiger partial charge >= 0.3 is 0 Å². The van der Waals surface area contributed by atoms with Gasteiger partial charge in [0, 0.05) is 11.3 Å². The lowest BCUT2D eigenvalue weighted by Gasteiger charge is -2.08. The van der Waals surface area contributed by atoms with E-state index >= 15 is 0 Å². The van der Waals surface area contributed by atoms with Crippen LogP contribution in [-0.2, 0) is 21.3 Å². The molecule has 0 aliphatic carbocycles. The summed E-state index contributed by atoms with van der Waals surface area (Å²) in [4.78, 5) is 12.4. The molecule has 0 spiro atoms. The molecule has 0 atom stereocenters. The van der Waals surface area contributed by atoms with Gasteiger partial charge in [-0.1, -0.05) is 60.2 Å². The first kappa shape index (κ1) is 18.9. The zero-order valence-electron chi connectivity index (χ0n) is 15.1. The van der Waals surface area contributed by atoms with Crippen molar-refractivity contribution in [2.24, 2.45) is 0 Å². The second kappa shape index (κ2) is 8.18. The Morgan fingerprint density at radius 1 is 0.815 bits per heavy atom. The van der Waals surface area contributed by atoms with Crippen molar-refractivity contribution < 1.29 is 13.2 Å². The fourth-order valence-electron chi connectivity index (χ4n) is 2.89. The highest BCUT2D eigenvalue weighted by Crippen LogP contribution is 2.16. The SMILES string of the molecule is Cc1cccc(CS(=O)(=O)Cc2cccc(C(=O)Nc3ccccc3)c2)c1. The number of benzene rings is 3. The molecule has 138 valence electrons. The number of rotatable bonds is 6. The van der Waals surface area contributed by atoms with E-state index in [9.17, 15) is 13.2 Å². The Kier molecular flexibility index (Phi) is 5.72. The lowest BCUT2D eigenvalue weighted by atomic mass is 10.1. The van der Waals surface area contributed by atoms with Crippen LogP contribution in [0, 0.1) is 6.92 Å². The van der Waals surface area contributed by atoms with Crippen LogP contribution in [0.2, 0.25) is 0 Å². The van der Waals surface area contributed by atoms with E-state index in [0.29, 0.717) is 16.8 Å².